The van der Waals surface area contributed by atoms with Crippen LogP contribution in [-0.2, 0) is 16.1 Å². The van der Waals surface area contributed by atoms with E-state index in [9.17, 15) is 19.2 Å². The number of carbonyl (C=O) groups is 4. The van der Waals surface area contributed by atoms with Gasteiger partial charge in [-0.3, -0.25) is 34.3 Å². The number of rotatable bonds is 4. The lowest BCUT2D eigenvalue weighted by Gasteiger charge is -2.35. The van der Waals surface area contributed by atoms with Gasteiger partial charge < -0.3 is 4.90 Å². The number of nitrogens with one attached hydrogen (secondary N) is 1. The molecule has 1 aromatic carbocycles. The number of thiophene rings is 1. The lowest BCUT2D eigenvalue weighted by molar-refractivity contribution is -0.136. The first-order chi connectivity index (χ1) is 17.8. The average molecular weight is 519 g/mol. The number of imide groups is 2. The van der Waals surface area contributed by atoms with Crippen molar-refractivity contribution < 1.29 is 19.2 Å². The normalized spacial score (nSPS) is 20.6. The molecule has 1 unspecified atom stereocenters. The number of fused-ring (bicyclic) bond motifs is 2. The third-order valence-corrected chi connectivity index (χ3v) is 8.64. The molecule has 2 fully saturated rings. The lowest BCUT2D eigenvalue weighted by Crippen LogP contribution is -2.54. The SMILES string of the molecule is Cc1sc2ncnc(N3CCN(Cc4ccc5c(c4)C(=O)N(C4CCC(=O)NC4=O)C5=O)CC3)c2c1C. The minimum absolute atomic E-state index is 0.104. The second-order valence-corrected chi connectivity index (χ2v) is 11.0. The topological polar surface area (TPSA) is 116 Å². The zero-order valence-corrected chi connectivity index (χ0v) is 21.4. The van der Waals surface area contributed by atoms with E-state index >= 15 is 0 Å². The van der Waals surface area contributed by atoms with E-state index < -0.39 is 23.8 Å². The summed E-state index contributed by atoms with van der Waals surface area (Å²) in [7, 11) is 0. The van der Waals surface area contributed by atoms with Crippen LogP contribution in [0, 0.1) is 13.8 Å². The number of aromatic nitrogens is 2. The first kappa shape index (κ1) is 23.7. The van der Waals surface area contributed by atoms with Crippen LogP contribution in [0.3, 0.4) is 0 Å². The molecule has 4 amide bonds. The van der Waals surface area contributed by atoms with Crippen LogP contribution in [0.4, 0.5) is 5.82 Å². The van der Waals surface area contributed by atoms with Crippen LogP contribution in [-0.4, -0.2) is 75.6 Å². The zero-order chi connectivity index (χ0) is 25.8. The molecular formula is C26H26N6O4S. The van der Waals surface area contributed by atoms with Crippen molar-refractivity contribution in [2.24, 2.45) is 0 Å². The van der Waals surface area contributed by atoms with E-state index in [0.717, 1.165) is 52.7 Å². The van der Waals surface area contributed by atoms with E-state index in [4.69, 9.17) is 0 Å². The van der Waals surface area contributed by atoms with E-state index in [1.807, 2.05) is 6.07 Å². The molecule has 6 rings (SSSR count). The predicted molar refractivity (Wildman–Crippen MR) is 137 cm³/mol. The number of benzene rings is 1. The average Bonchev–Trinajstić information content (AvgIpc) is 3.31. The quantitative estimate of drug-likeness (QED) is 0.522. The maximum absolute atomic E-state index is 13.1. The van der Waals surface area contributed by atoms with Crippen molar-refractivity contribution in [1.29, 1.82) is 0 Å². The highest BCUT2D eigenvalue weighted by atomic mass is 32.1. The van der Waals surface area contributed by atoms with Crippen molar-refractivity contribution in [2.45, 2.75) is 39.3 Å². The smallest absolute Gasteiger partial charge is 0.262 e. The van der Waals surface area contributed by atoms with Crippen LogP contribution in [0.15, 0.2) is 24.5 Å². The molecule has 3 aromatic rings. The summed E-state index contributed by atoms with van der Waals surface area (Å²) >= 11 is 1.70. The Balaban J connectivity index is 1.14. The molecule has 5 heterocycles. The predicted octanol–water partition coefficient (Wildman–Crippen LogP) is 2.03. The summed E-state index contributed by atoms with van der Waals surface area (Å²) in [4.78, 5) is 66.8. The molecule has 1 atom stereocenters. The maximum Gasteiger partial charge on any atom is 0.262 e. The van der Waals surface area contributed by atoms with Crippen LogP contribution in [0.1, 0.15) is 49.6 Å². The molecule has 3 aliphatic rings. The summed E-state index contributed by atoms with van der Waals surface area (Å²) in [5.74, 6) is -0.954. The highest BCUT2D eigenvalue weighted by Gasteiger charge is 2.44. The van der Waals surface area contributed by atoms with Gasteiger partial charge in [0.1, 0.15) is 23.0 Å². The van der Waals surface area contributed by atoms with Crippen molar-refractivity contribution in [3.8, 4) is 0 Å². The van der Waals surface area contributed by atoms with Crippen LogP contribution in [0.5, 0.6) is 0 Å². The van der Waals surface area contributed by atoms with Crippen molar-refractivity contribution in [2.75, 3.05) is 31.1 Å². The molecule has 0 bridgehead atoms. The van der Waals surface area contributed by atoms with Crippen LogP contribution >= 0.6 is 11.3 Å². The van der Waals surface area contributed by atoms with E-state index in [1.54, 1.807) is 29.8 Å². The summed E-state index contributed by atoms with van der Waals surface area (Å²) in [5.41, 5.74) is 2.80. The van der Waals surface area contributed by atoms with E-state index in [-0.39, 0.29) is 18.7 Å². The molecule has 2 aromatic heterocycles. The standard InChI is InChI=1S/C26H26N6O4S/c1-14-15(2)37-24-21(14)22(27-13-28-24)31-9-7-30(8-10-31)12-16-3-4-17-18(11-16)26(36)32(25(17)35)19-5-6-20(33)29-23(19)34/h3-4,11,13,19H,5-10,12H2,1-2H3,(H,29,33,34). The monoisotopic (exact) mass is 518 g/mol. The Morgan fingerprint density at radius 1 is 1.00 bits per heavy atom. The van der Waals surface area contributed by atoms with Gasteiger partial charge in [0.05, 0.1) is 16.5 Å². The van der Waals surface area contributed by atoms with Crippen molar-refractivity contribution in [1.82, 2.24) is 25.1 Å². The van der Waals surface area contributed by atoms with Gasteiger partial charge in [-0.1, -0.05) is 6.07 Å². The summed E-state index contributed by atoms with van der Waals surface area (Å²) in [6.45, 7) is 8.20. The number of hydrogen-bond acceptors (Lipinski definition) is 9. The van der Waals surface area contributed by atoms with Gasteiger partial charge in [-0.05, 0) is 43.5 Å². The van der Waals surface area contributed by atoms with Gasteiger partial charge >= 0.3 is 0 Å². The lowest BCUT2D eigenvalue weighted by atomic mass is 10.0. The van der Waals surface area contributed by atoms with Gasteiger partial charge in [-0.25, -0.2) is 9.97 Å². The molecule has 11 heteroatoms. The van der Waals surface area contributed by atoms with Crippen LogP contribution < -0.4 is 10.2 Å². The van der Waals surface area contributed by atoms with Crippen LogP contribution in [0.25, 0.3) is 10.2 Å². The van der Waals surface area contributed by atoms with Crippen molar-refractivity contribution >= 4 is 51.0 Å². The first-order valence-corrected chi connectivity index (χ1v) is 13.2. The molecule has 10 nitrogen and oxygen atoms in total. The van der Waals surface area contributed by atoms with E-state index in [0.29, 0.717) is 17.7 Å². The number of carbonyl (C=O) groups excluding carboxylic acids is 4. The third kappa shape index (κ3) is 3.98. The fourth-order valence-corrected chi connectivity index (χ4v) is 6.39. The number of aryl methyl sites for hydroxylation is 2. The molecule has 3 aliphatic heterocycles. The Kier molecular flexibility index (Phi) is 5.76. The second-order valence-electron chi connectivity index (χ2n) is 9.75. The van der Waals surface area contributed by atoms with E-state index in [1.165, 1.54) is 10.4 Å². The zero-order valence-electron chi connectivity index (χ0n) is 20.6. The van der Waals surface area contributed by atoms with Crippen molar-refractivity contribution in [3.63, 3.8) is 0 Å². The van der Waals surface area contributed by atoms with Gasteiger partial charge in [0.25, 0.3) is 11.8 Å². The molecule has 0 saturated carbocycles. The fraction of sp³-hybridized carbons (Fsp3) is 0.385. The second kappa shape index (κ2) is 9.00. The number of hydrogen-bond donors (Lipinski definition) is 1. The van der Waals surface area contributed by atoms with Gasteiger partial charge in [-0.15, -0.1) is 11.3 Å². The summed E-state index contributed by atoms with van der Waals surface area (Å²) in [6, 6.07) is 4.35. The molecule has 2 saturated heterocycles. The molecule has 0 spiro atoms. The number of amides is 4. The fourth-order valence-electron chi connectivity index (χ4n) is 5.40. The Morgan fingerprint density at radius 2 is 1.76 bits per heavy atom. The summed E-state index contributed by atoms with van der Waals surface area (Å²) < 4.78 is 0. The van der Waals surface area contributed by atoms with Gasteiger partial charge in [0, 0.05) is 44.0 Å². The van der Waals surface area contributed by atoms with Gasteiger partial charge in [0.2, 0.25) is 11.8 Å². The molecule has 1 N–H and O–H groups in total. The number of piperazine rings is 1. The molecule has 37 heavy (non-hydrogen) atoms. The maximum atomic E-state index is 13.1. The Morgan fingerprint density at radius 3 is 2.51 bits per heavy atom. The number of nitrogens with zero attached hydrogens (tertiary/aromatic N) is 5. The highest BCUT2D eigenvalue weighted by Crippen LogP contribution is 2.35. The Hall–Kier alpha value is -3.70. The summed E-state index contributed by atoms with van der Waals surface area (Å²) in [6.07, 6.45) is 1.89. The third-order valence-electron chi connectivity index (χ3n) is 7.53. The molecule has 0 aliphatic carbocycles. The first-order valence-electron chi connectivity index (χ1n) is 12.3. The Labute approximate surface area is 217 Å². The van der Waals surface area contributed by atoms with Crippen molar-refractivity contribution in [3.05, 3.63) is 51.7 Å². The minimum atomic E-state index is -0.953. The van der Waals surface area contributed by atoms with Gasteiger partial charge in [0.15, 0.2) is 0 Å². The summed E-state index contributed by atoms with van der Waals surface area (Å²) in [5, 5.41) is 3.37. The Bertz CT molecular complexity index is 1480. The number of piperidine rings is 1. The van der Waals surface area contributed by atoms with Gasteiger partial charge in [-0.2, -0.15) is 0 Å². The minimum Gasteiger partial charge on any atom is -0.353 e. The number of anilines is 1. The molecule has 190 valence electrons. The highest BCUT2D eigenvalue weighted by molar-refractivity contribution is 7.18. The largest absolute Gasteiger partial charge is 0.353 e. The van der Waals surface area contributed by atoms with Crippen LogP contribution in [0.2, 0.25) is 0 Å². The molecular weight excluding hydrogens is 492 g/mol. The van der Waals surface area contributed by atoms with E-state index in [2.05, 4.69) is 38.9 Å². The molecule has 0 radical (unpaired) electrons.